The Labute approximate surface area is 123 Å². The molecule has 6 heteroatoms. The van der Waals surface area contributed by atoms with Crippen molar-refractivity contribution in [2.45, 2.75) is 25.4 Å². The van der Waals surface area contributed by atoms with Gasteiger partial charge >= 0.3 is 0 Å². The molecule has 0 unspecified atom stereocenters. The van der Waals surface area contributed by atoms with Crippen LogP contribution in [0.15, 0.2) is 18.2 Å². The summed E-state index contributed by atoms with van der Waals surface area (Å²) in [6.07, 6.45) is 1.70. The monoisotopic (exact) mass is 292 g/mol. The number of aryl methyl sites for hydroxylation is 1. The summed E-state index contributed by atoms with van der Waals surface area (Å²) in [7, 11) is 0. The molecule has 1 aromatic rings. The second-order valence-electron chi connectivity index (χ2n) is 5.81. The Balaban J connectivity index is 1.88. The minimum absolute atomic E-state index is 0.180. The SMILES string of the molecule is Cc1ccc(N2CCOC3(CCOCC3)C2)c([N+](=O)[O-])c1. The van der Waals surface area contributed by atoms with E-state index in [9.17, 15) is 10.1 Å². The predicted octanol–water partition coefficient (Wildman–Crippen LogP) is 2.29. The van der Waals surface area contributed by atoms with Crippen LogP contribution < -0.4 is 4.90 Å². The molecule has 0 radical (unpaired) electrons. The summed E-state index contributed by atoms with van der Waals surface area (Å²) in [6, 6.07) is 5.42. The first-order chi connectivity index (χ1) is 10.1. The highest BCUT2D eigenvalue weighted by Crippen LogP contribution is 2.35. The van der Waals surface area contributed by atoms with Crippen molar-refractivity contribution >= 4 is 11.4 Å². The van der Waals surface area contributed by atoms with Gasteiger partial charge in [-0.1, -0.05) is 6.07 Å². The number of nitrogens with zero attached hydrogens (tertiary/aromatic N) is 2. The number of hydrogen-bond acceptors (Lipinski definition) is 5. The Morgan fingerprint density at radius 1 is 1.29 bits per heavy atom. The Bertz CT molecular complexity index is 535. The average Bonchev–Trinajstić information content (AvgIpc) is 2.48. The van der Waals surface area contributed by atoms with Gasteiger partial charge in [-0.2, -0.15) is 0 Å². The van der Waals surface area contributed by atoms with Gasteiger partial charge in [-0.3, -0.25) is 10.1 Å². The van der Waals surface area contributed by atoms with Crippen LogP contribution in [0.2, 0.25) is 0 Å². The highest BCUT2D eigenvalue weighted by atomic mass is 16.6. The van der Waals surface area contributed by atoms with Gasteiger partial charge < -0.3 is 14.4 Å². The molecular formula is C15H20N2O4. The summed E-state index contributed by atoms with van der Waals surface area (Å²) in [5, 5.41) is 11.3. The smallest absolute Gasteiger partial charge is 0.292 e. The third-order valence-corrected chi connectivity index (χ3v) is 4.32. The van der Waals surface area contributed by atoms with Gasteiger partial charge in [-0.25, -0.2) is 0 Å². The second-order valence-corrected chi connectivity index (χ2v) is 5.81. The largest absolute Gasteiger partial charge is 0.381 e. The van der Waals surface area contributed by atoms with Crippen molar-refractivity contribution in [1.29, 1.82) is 0 Å². The molecule has 0 aromatic heterocycles. The zero-order valence-electron chi connectivity index (χ0n) is 12.2. The van der Waals surface area contributed by atoms with Crippen molar-refractivity contribution < 1.29 is 14.4 Å². The van der Waals surface area contributed by atoms with Crippen LogP contribution in [0.1, 0.15) is 18.4 Å². The van der Waals surface area contributed by atoms with Crippen LogP contribution in [0.4, 0.5) is 11.4 Å². The van der Waals surface area contributed by atoms with E-state index in [-0.39, 0.29) is 16.2 Å². The maximum atomic E-state index is 11.3. The Morgan fingerprint density at radius 2 is 2.05 bits per heavy atom. The van der Waals surface area contributed by atoms with Crippen molar-refractivity contribution in [2.24, 2.45) is 0 Å². The molecule has 2 saturated heterocycles. The maximum absolute atomic E-state index is 11.3. The second kappa shape index (κ2) is 5.61. The van der Waals surface area contributed by atoms with Gasteiger partial charge in [0.15, 0.2) is 0 Å². The summed E-state index contributed by atoms with van der Waals surface area (Å²) in [5.41, 5.74) is 1.56. The van der Waals surface area contributed by atoms with Crippen molar-refractivity contribution in [2.75, 3.05) is 37.8 Å². The summed E-state index contributed by atoms with van der Waals surface area (Å²) < 4.78 is 11.4. The Hall–Kier alpha value is -1.66. The molecule has 1 aromatic carbocycles. The Kier molecular flexibility index (Phi) is 3.82. The van der Waals surface area contributed by atoms with Crippen molar-refractivity contribution in [3.05, 3.63) is 33.9 Å². The highest BCUT2D eigenvalue weighted by Gasteiger charge is 2.39. The quantitative estimate of drug-likeness (QED) is 0.618. The first-order valence-electron chi connectivity index (χ1n) is 7.31. The lowest BCUT2D eigenvalue weighted by molar-refractivity contribution is -0.384. The number of nitro groups is 1. The van der Waals surface area contributed by atoms with Crippen molar-refractivity contribution in [3.63, 3.8) is 0 Å². The fourth-order valence-electron chi connectivity index (χ4n) is 3.14. The zero-order valence-corrected chi connectivity index (χ0v) is 12.2. The van der Waals surface area contributed by atoms with Gasteiger partial charge in [0.2, 0.25) is 0 Å². The van der Waals surface area contributed by atoms with Crippen molar-refractivity contribution in [3.8, 4) is 0 Å². The van der Waals surface area contributed by atoms with Gasteiger partial charge in [0.25, 0.3) is 5.69 Å². The number of anilines is 1. The molecule has 0 amide bonds. The van der Waals surface area contributed by atoms with Crippen LogP contribution in [-0.4, -0.2) is 43.4 Å². The van der Waals surface area contributed by atoms with E-state index in [1.54, 1.807) is 6.07 Å². The third kappa shape index (κ3) is 2.87. The van der Waals surface area contributed by atoms with Crippen LogP contribution in [0, 0.1) is 17.0 Å². The standard InChI is InChI=1S/C15H20N2O4/c1-12-2-3-13(14(10-12)17(18)19)16-6-9-21-15(11-16)4-7-20-8-5-15/h2-3,10H,4-9,11H2,1H3. The molecule has 2 aliphatic heterocycles. The topological polar surface area (TPSA) is 64.8 Å². The van der Waals surface area contributed by atoms with Gasteiger partial charge in [0.1, 0.15) is 5.69 Å². The van der Waals surface area contributed by atoms with Gasteiger partial charge in [0.05, 0.1) is 17.1 Å². The molecule has 0 bridgehead atoms. The molecule has 1 spiro atoms. The molecule has 0 saturated carbocycles. The normalized spacial score (nSPS) is 21.5. The maximum Gasteiger partial charge on any atom is 0.292 e. The number of ether oxygens (including phenoxy) is 2. The van der Waals surface area contributed by atoms with E-state index in [0.29, 0.717) is 38.6 Å². The van der Waals surface area contributed by atoms with E-state index >= 15 is 0 Å². The first kappa shape index (κ1) is 14.3. The van der Waals surface area contributed by atoms with E-state index in [4.69, 9.17) is 9.47 Å². The third-order valence-electron chi connectivity index (χ3n) is 4.32. The molecule has 3 rings (SSSR count). The fourth-order valence-corrected chi connectivity index (χ4v) is 3.14. The number of rotatable bonds is 2. The lowest BCUT2D eigenvalue weighted by Gasteiger charge is -2.45. The molecule has 0 N–H and O–H groups in total. The minimum atomic E-state index is -0.297. The zero-order chi connectivity index (χ0) is 14.9. The van der Waals surface area contributed by atoms with Crippen molar-refractivity contribution in [1.82, 2.24) is 0 Å². The van der Waals surface area contributed by atoms with Gasteiger partial charge in [-0.15, -0.1) is 0 Å². The molecule has 0 atom stereocenters. The van der Waals surface area contributed by atoms with Gasteiger partial charge in [-0.05, 0) is 18.6 Å². The molecule has 6 nitrogen and oxygen atoms in total. The lowest BCUT2D eigenvalue weighted by atomic mass is 9.91. The molecule has 21 heavy (non-hydrogen) atoms. The summed E-state index contributed by atoms with van der Waals surface area (Å²) in [6.45, 7) is 5.25. The van der Waals surface area contributed by atoms with Crippen LogP contribution in [0.3, 0.4) is 0 Å². The summed E-state index contributed by atoms with van der Waals surface area (Å²) >= 11 is 0. The van der Waals surface area contributed by atoms with Crippen LogP contribution in [0.25, 0.3) is 0 Å². The molecular weight excluding hydrogens is 272 g/mol. The van der Waals surface area contributed by atoms with E-state index in [0.717, 1.165) is 18.4 Å². The average molecular weight is 292 g/mol. The number of nitro benzene ring substituents is 1. The van der Waals surface area contributed by atoms with E-state index < -0.39 is 0 Å². The van der Waals surface area contributed by atoms with E-state index in [2.05, 4.69) is 4.90 Å². The van der Waals surface area contributed by atoms with Crippen LogP contribution in [-0.2, 0) is 9.47 Å². The Morgan fingerprint density at radius 3 is 2.76 bits per heavy atom. The molecule has 2 aliphatic rings. The molecule has 2 heterocycles. The number of morpholine rings is 1. The first-order valence-corrected chi connectivity index (χ1v) is 7.31. The summed E-state index contributed by atoms with van der Waals surface area (Å²) in [4.78, 5) is 13.1. The van der Waals surface area contributed by atoms with E-state index in [1.807, 2.05) is 19.1 Å². The van der Waals surface area contributed by atoms with Crippen LogP contribution >= 0.6 is 0 Å². The highest BCUT2D eigenvalue weighted by molar-refractivity contribution is 5.64. The molecule has 0 aliphatic carbocycles. The lowest BCUT2D eigenvalue weighted by Crippen LogP contribution is -2.54. The predicted molar refractivity (Wildman–Crippen MR) is 78.8 cm³/mol. The molecule has 114 valence electrons. The summed E-state index contributed by atoms with van der Waals surface area (Å²) in [5.74, 6) is 0. The fraction of sp³-hybridized carbons (Fsp3) is 0.600. The molecule has 2 fully saturated rings. The number of benzene rings is 1. The van der Waals surface area contributed by atoms with E-state index in [1.165, 1.54) is 0 Å². The van der Waals surface area contributed by atoms with Crippen LogP contribution in [0.5, 0.6) is 0 Å². The van der Waals surface area contributed by atoms with Gasteiger partial charge in [0, 0.05) is 45.2 Å². The number of hydrogen-bond donors (Lipinski definition) is 0. The minimum Gasteiger partial charge on any atom is -0.381 e.